The Balaban J connectivity index is 1.25. The predicted molar refractivity (Wildman–Crippen MR) is 133 cm³/mol. The van der Waals surface area contributed by atoms with Gasteiger partial charge in [-0.15, -0.1) is 0 Å². The van der Waals surface area contributed by atoms with Crippen LogP contribution in [0.1, 0.15) is 31.2 Å². The van der Waals surface area contributed by atoms with E-state index in [2.05, 4.69) is 30.1 Å². The van der Waals surface area contributed by atoms with Crippen LogP contribution in [0, 0.1) is 5.92 Å². The van der Waals surface area contributed by atoms with Gasteiger partial charge in [-0.3, -0.25) is 4.98 Å². The monoisotopic (exact) mass is 492 g/mol. The molecule has 0 bridgehead atoms. The molecule has 1 saturated carbocycles. The summed E-state index contributed by atoms with van der Waals surface area (Å²) in [7, 11) is -3.65. The molecular formula is C24H28N8O2S. The van der Waals surface area contributed by atoms with Crippen LogP contribution in [0.5, 0.6) is 0 Å². The minimum Gasteiger partial charge on any atom is -0.328 e. The molecule has 0 spiro atoms. The van der Waals surface area contributed by atoms with Crippen molar-refractivity contribution < 1.29 is 8.42 Å². The summed E-state index contributed by atoms with van der Waals surface area (Å²) in [5.74, 6) is 0.973. The average Bonchev–Trinajstić information content (AvgIpc) is 3.27. The molecule has 11 heteroatoms. The molecule has 4 N–H and O–H groups in total. The van der Waals surface area contributed by atoms with Gasteiger partial charge in [-0.05, 0) is 67.5 Å². The molecule has 0 aliphatic heterocycles. The zero-order chi connectivity index (χ0) is 24.3. The van der Waals surface area contributed by atoms with E-state index >= 15 is 0 Å². The molecule has 0 amide bonds. The summed E-state index contributed by atoms with van der Waals surface area (Å²) in [5, 5.41) is 8.55. The van der Waals surface area contributed by atoms with Crippen LogP contribution in [0.25, 0.3) is 11.0 Å². The molecule has 0 atom stereocenters. The number of fused-ring (bicyclic) bond motifs is 1. The van der Waals surface area contributed by atoms with Crippen molar-refractivity contribution in [1.29, 1.82) is 0 Å². The topological polar surface area (TPSA) is 141 Å². The summed E-state index contributed by atoms with van der Waals surface area (Å²) in [6.07, 6.45) is 11.1. The first-order chi connectivity index (χ1) is 17.0. The van der Waals surface area contributed by atoms with Crippen LogP contribution in [0.2, 0.25) is 0 Å². The Labute approximate surface area is 204 Å². The van der Waals surface area contributed by atoms with Crippen LogP contribution in [-0.2, 0) is 23.1 Å². The number of sulfonamides is 1. The van der Waals surface area contributed by atoms with Crippen LogP contribution >= 0.6 is 0 Å². The van der Waals surface area contributed by atoms with E-state index in [1.54, 1.807) is 55.1 Å². The molecule has 0 radical (unpaired) electrons. The molecule has 3 aromatic heterocycles. The fourth-order valence-electron chi connectivity index (χ4n) is 4.29. The number of nitrogens with two attached hydrogens (primary N) is 1. The lowest BCUT2D eigenvalue weighted by molar-refractivity contribution is 0.288. The molecule has 0 saturated heterocycles. The van der Waals surface area contributed by atoms with Crippen molar-refractivity contribution in [2.45, 2.75) is 49.7 Å². The average molecular weight is 493 g/mol. The number of rotatable bonds is 8. The first-order valence-electron chi connectivity index (χ1n) is 11.7. The summed E-state index contributed by atoms with van der Waals surface area (Å²) in [4.78, 5) is 13.2. The Bertz CT molecular complexity index is 1380. The van der Waals surface area contributed by atoms with Crippen LogP contribution in [0.3, 0.4) is 0 Å². The normalized spacial score (nSPS) is 18.5. The highest BCUT2D eigenvalue weighted by Crippen LogP contribution is 2.26. The summed E-state index contributed by atoms with van der Waals surface area (Å²) >= 11 is 0. The van der Waals surface area contributed by atoms with Crippen molar-refractivity contribution >= 4 is 32.7 Å². The van der Waals surface area contributed by atoms with Crippen LogP contribution in [0.4, 0.5) is 11.6 Å². The van der Waals surface area contributed by atoms with Crippen molar-refractivity contribution in [2.24, 2.45) is 11.7 Å². The number of benzene rings is 1. The first-order valence-corrected chi connectivity index (χ1v) is 13.1. The number of anilines is 2. The number of pyridine rings is 1. The minimum atomic E-state index is -3.65. The zero-order valence-electron chi connectivity index (χ0n) is 19.2. The van der Waals surface area contributed by atoms with Crippen molar-refractivity contribution in [3.05, 3.63) is 66.7 Å². The molecule has 35 heavy (non-hydrogen) atoms. The molecule has 3 heterocycles. The van der Waals surface area contributed by atoms with E-state index in [0.29, 0.717) is 23.6 Å². The van der Waals surface area contributed by atoms with E-state index in [9.17, 15) is 8.42 Å². The highest BCUT2D eigenvalue weighted by Gasteiger charge is 2.20. The molecule has 1 fully saturated rings. The van der Waals surface area contributed by atoms with Gasteiger partial charge in [0.25, 0.3) is 0 Å². The lowest BCUT2D eigenvalue weighted by Crippen LogP contribution is -2.28. The minimum absolute atomic E-state index is 0.172. The van der Waals surface area contributed by atoms with Crippen LogP contribution in [-0.4, -0.2) is 39.2 Å². The van der Waals surface area contributed by atoms with Crippen LogP contribution in [0.15, 0.2) is 66.1 Å². The van der Waals surface area contributed by atoms with E-state index in [1.165, 1.54) is 0 Å². The predicted octanol–water partition coefficient (Wildman–Crippen LogP) is 2.96. The smallest absolute Gasteiger partial charge is 0.240 e. The lowest BCUT2D eigenvalue weighted by Gasteiger charge is -2.25. The molecule has 1 aromatic carbocycles. The molecule has 1 aliphatic rings. The molecular weight excluding hydrogens is 464 g/mol. The Kier molecular flexibility index (Phi) is 6.71. The quantitative estimate of drug-likeness (QED) is 0.341. The van der Waals surface area contributed by atoms with Crippen LogP contribution < -0.4 is 15.8 Å². The number of aromatic nitrogens is 5. The largest absolute Gasteiger partial charge is 0.328 e. The molecule has 1 aliphatic carbocycles. The Morgan fingerprint density at radius 3 is 2.57 bits per heavy atom. The second kappa shape index (κ2) is 10.1. The summed E-state index contributed by atoms with van der Waals surface area (Å²) in [6.45, 7) is 0.983. The Morgan fingerprint density at radius 2 is 1.83 bits per heavy atom. The van der Waals surface area contributed by atoms with E-state index in [4.69, 9.17) is 5.73 Å². The van der Waals surface area contributed by atoms with Gasteiger partial charge in [0.05, 0.1) is 16.5 Å². The molecule has 5 rings (SSSR count). The summed E-state index contributed by atoms with van der Waals surface area (Å²) in [6, 6.07) is 10.4. The SMILES string of the molecule is N[C@H]1CC[C@H](Cn2ncc3cnc(Nc4ccc(S(=O)(=O)NCc5cccnc5)cc4)nc32)CC1. The fourth-order valence-corrected chi connectivity index (χ4v) is 5.30. The maximum atomic E-state index is 12.6. The first kappa shape index (κ1) is 23.3. The van der Waals surface area contributed by atoms with E-state index in [0.717, 1.165) is 48.8 Å². The highest BCUT2D eigenvalue weighted by atomic mass is 32.2. The number of nitrogens with one attached hydrogen (secondary N) is 2. The lowest BCUT2D eigenvalue weighted by atomic mass is 9.86. The van der Waals surface area contributed by atoms with Gasteiger partial charge >= 0.3 is 0 Å². The fraction of sp³-hybridized carbons (Fsp3) is 0.333. The standard InChI is InChI=1S/C24H28N8O2S/c25-20-5-3-17(4-6-20)16-32-23-19(15-28-32)14-27-24(31-23)30-21-7-9-22(10-8-21)35(33,34)29-13-18-2-1-11-26-12-18/h1-2,7-12,14-15,17,20,29H,3-6,13,16,25H2,(H,27,30,31)/t17-,20-. The van der Waals surface area contributed by atoms with Gasteiger partial charge in [-0.25, -0.2) is 22.8 Å². The van der Waals surface area contributed by atoms with Gasteiger partial charge in [0.15, 0.2) is 5.65 Å². The van der Waals surface area contributed by atoms with Gasteiger partial charge in [0.2, 0.25) is 16.0 Å². The maximum absolute atomic E-state index is 12.6. The Hall–Kier alpha value is -3.41. The zero-order valence-corrected chi connectivity index (χ0v) is 20.0. The van der Waals surface area contributed by atoms with Crippen molar-refractivity contribution in [3.8, 4) is 0 Å². The number of hydrogen-bond acceptors (Lipinski definition) is 8. The van der Waals surface area contributed by atoms with E-state index in [-0.39, 0.29) is 11.4 Å². The van der Waals surface area contributed by atoms with Gasteiger partial charge in [0.1, 0.15) is 0 Å². The summed E-state index contributed by atoms with van der Waals surface area (Å²) < 4.78 is 29.8. The summed E-state index contributed by atoms with van der Waals surface area (Å²) in [5.41, 5.74) is 8.28. The second-order valence-corrected chi connectivity index (χ2v) is 10.7. The molecule has 182 valence electrons. The highest BCUT2D eigenvalue weighted by molar-refractivity contribution is 7.89. The Morgan fingerprint density at radius 1 is 1.03 bits per heavy atom. The van der Waals surface area contributed by atoms with Gasteiger partial charge in [-0.1, -0.05) is 6.07 Å². The number of hydrogen-bond donors (Lipinski definition) is 3. The van der Waals surface area contributed by atoms with Crippen molar-refractivity contribution in [2.75, 3.05) is 5.32 Å². The molecule has 0 unspecified atom stereocenters. The third-order valence-corrected chi connectivity index (χ3v) is 7.73. The van der Waals surface area contributed by atoms with Crippen molar-refractivity contribution in [1.82, 2.24) is 29.5 Å². The van der Waals surface area contributed by atoms with Crippen molar-refractivity contribution in [3.63, 3.8) is 0 Å². The number of nitrogens with zero attached hydrogens (tertiary/aromatic N) is 5. The second-order valence-electron chi connectivity index (χ2n) is 8.92. The van der Waals surface area contributed by atoms with Gasteiger partial charge in [-0.2, -0.15) is 10.1 Å². The van der Waals surface area contributed by atoms with E-state index < -0.39 is 10.0 Å². The third-order valence-electron chi connectivity index (χ3n) is 6.31. The third kappa shape index (κ3) is 5.64. The maximum Gasteiger partial charge on any atom is 0.240 e. The van der Waals surface area contributed by atoms with E-state index in [1.807, 2.05) is 10.7 Å². The molecule has 10 nitrogen and oxygen atoms in total. The van der Waals surface area contributed by atoms with Gasteiger partial charge < -0.3 is 11.1 Å². The molecule has 4 aromatic rings. The van der Waals surface area contributed by atoms with Gasteiger partial charge in [0, 0.05) is 43.4 Å².